The van der Waals surface area contributed by atoms with Crippen LogP contribution in [0.5, 0.6) is 0 Å². The van der Waals surface area contributed by atoms with Crippen LogP contribution in [0.2, 0.25) is 0 Å². The van der Waals surface area contributed by atoms with E-state index in [1.807, 2.05) is 9.47 Å². The number of alkyl halides is 40. The van der Waals surface area contributed by atoms with Crippen LogP contribution < -0.4 is 0 Å². The first-order valence-corrected chi connectivity index (χ1v) is 21.2. The van der Waals surface area contributed by atoms with Crippen LogP contribution in [0.15, 0.2) is 36.5 Å². The molecule has 0 fully saturated rings. The molecule has 0 aliphatic heterocycles. The van der Waals surface area contributed by atoms with Crippen LogP contribution in [0.3, 0.4) is 0 Å². The van der Waals surface area contributed by atoms with Crippen LogP contribution in [-0.4, -0.2) is 184 Å². The van der Waals surface area contributed by atoms with E-state index in [4.69, 9.17) is 5.11 Å². The van der Waals surface area contributed by atoms with E-state index in [1.54, 1.807) is 0 Å². The zero-order chi connectivity index (χ0) is 74.8. The van der Waals surface area contributed by atoms with Crippen molar-refractivity contribution in [2.45, 2.75) is 156 Å². The minimum atomic E-state index is -7.36. The Morgan fingerprint density at radius 3 is 0.739 bits per heavy atom. The third kappa shape index (κ3) is 24.5. The molecule has 0 amide bonds. The van der Waals surface area contributed by atoms with Crippen molar-refractivity contribution in [2.75, 3.05) is 26.4 Å². The zero-order valence-corrected chi connectivity index (χ0v) is 43.3. The minimum absolute atomic E-state index is 0.194. The average molecular weight is 1470 g/mol. The molecule has 0 aromatic rings. The molecule has 92 heavy (non-hydrogen) atoms. The van der Waals surface area contributed by atoms with Crippen molar-refractivity contribution in [3.63, 3.8) is 0 Å². The summed E-state index contributed by atoms with van der Waals surface area (Å²) >= 11 is 0. The maximum Gasteiger partial charge on any atom is 0.462 e. The molecule has 546 valence electrons. The molecule has 0 saturated carbocycles. The second-order valence-corrected chi connectivity index (χ2v) is 16.2. The second-order valence-electron chi connectivity index (χ2n) is 16.2. The highest BCUT2D eigenvalue weighted by Gasteiger charge is 2.79. The highest BCUT2D eigenvalue weighted by molar-refractivity contribution is 6.00. The zero-order valence-electron chi connectivity index (χ0n) is 43.3. The van der Waals surface area contributed by atoms with Gasteiger partial charge in [-0.05, 0) is 20.8 Å². The fraction of sp³-hybridized carbons (Fsp3) is 0.763. The third-order valence-corrected chi connectivity index (χ3v) is 8.35. The largest absolute Gasteiger partial charge is 0.462 e. The van der Waals surface area contributed by atoms with Gasteiger partial charge in [-0.3, -0.25) is 18.9 Å². The number of aliphatic hydroxyl groups excluding tert-OH is 1. The first kappa shape index (κ1) is 90.9. The molecule has 0 aliphatic carbocycles. The van der Waals surface area contributed by atoms with Gasteiger partial charge in [0.15, 0.2) is 0 Å². The summed E-state index contributed by atoms with van der Waals surface area (Å²) in [5.41, 5.74) is -0.276. The Kier molecular flexibility index (Phi) is 30.7. The van der Waals surface area contributed by atoms with E-state index in [0.29, 0.717) is 0 Å². The van der Waals surface area contributed by atoms with Crippen molar-refractivity contribution < 1.29 is 242 Å². The van der Waals surface area contributed by atoms with Crippen LogP contribution >= 0.6 is 0 Å². The monoisotopic (exact) mass is 1470 g/mol. The lowest BCUT2D eigenvalue weighted by Gasteiger charge is -2.32. The number of aliphatic hydroxyl groups is 1. The van der Waals surface area contributed by atoms with Crippen molar-refractivity contribution in [2.24, 2.45) is 0 Å². The van der Waals surface area contributed by atoms with Crippen molar-refractivity contribution >= 4 is 17.9 Å². The van der Waals surface area contributed by atoms with Gasteiger partial charge in [-0.25, -0.2) is 31.9 Å². The number of carbonyl (C=O) groups is 3. The van der Waals surface area contributed by atoms with E-state index >= 15 is 0 Å². The molecule has 0 saturated heterocycles. The van der Waals surface area contributed by atoms with Gasteiger partial charge in [-0.1, -0.05) is 19.7 Å². The second kappa shape index (κ2) is 31.0. The van der Waals surface area contributed by atoms with Gasteiger partial charge >= 0.3 is 115 Å². The summed E-state index contributed by atoms with van der Waals surface area (Å²) in [4.78, 5) is 32.7. The summed E-state index contributed by atoms with van der Waals surface area (Å²) in [5, 5.41) is 8.63. The molecule has 0 aliphatic rings. The predicted octanol–water partition coefficient (Wildman–Crippen LogP) is 13.9. The summed E-state index contributed by atoms with van der Waals surface area (Å²) in [6, 6.07) is 0. The molecule has 1 N–H and O–H groups in total. The number of halogens is 40. The fourth-order valence-electron chi connectivity index (χ4n) is 3.63. The number of hydrogen-bond donors (Lipinski definition) is 1. The number of rotatable bonds is 32. The lowest BCUT2D eigenvalue weighted by atomic mass is 10.3. The Morgan fingerprint density at radius 1 is 0.326 bits per heavy atom. The number of esters is 3. The molecule has 0 heterocycles. The molecule has 0 bridgehead atoms. The fourth-order valence-corrected chi connectivity index (χ4v) is 3.63. The normalized spacial score (nSPS) is 16.3. The quantitative estimate of drug-likeness (QED) is 0.0293. The van der Waals surface area contributed by atoms with E-state index in [0.717, 1.165) is 6.92 Å². The van der Waals surface area contributed by atoms with Gasteiger partial charge in [0, 0.05) is 16.7 Å². The molecule has 0 spiro atoms. The molecule has 0 radical (unpaired) electrons. The number of ether oxygens (including phenoxy) is 10. The molecule has 14 nitrogen and oxygen atoms in total. The first-order valence-electron chi connectivity index (χ1n) is 21.2. The molecule has 0 aromatic carbocycles. The summed E-state index contributed by atoms with van der Waals surface area (Å²) in [6.07, 6.45) is -110. The van der Waals surface area contributed by atoms with Crippen molar-refractivity contribution in [1.29, 1.82) is 0 Å². The lowest BCUT2D eigenvalue weighted by molar-refractivity contribution is -0.472. The summed E-state index contributed by atoms with van der Waals surface area (Å²) in [6.45, 7) is 3.91. The number of hydrogen-bond acceptors (Lipinski definition) is 14. The van der Waals surface area contributed by atoms with Gasteiger partial charge < -0.3 is 33.5 Å². The summed E-state index contributed by atoms with van der Waals surface area (Å²) in [5.74, 6) is -32.4. The predicted molar refractivity (Wildman–Crippen MR) is 203 cm³/mol. The SMILES string of the molecule is C=C(C)C(=O)OC(=O)C(=C)C.C=C(C)C(=O)OCC(COC(F)(F)C(F)OC(F)(F)C(F)(F)C(F)(F)F)OC(F)(F)C(F)OC(F)(F)C(F)(F)C(F)(F)F.OCC(COC(F)(F)C(F)OC(F)(F)C(F)(F)C(F)(F)F)OC(F)(F)C(F)OC(F)(F)C(F)(F)C(F)(F)F. The van der Waals surface area contributed by atoms with Gasteiger partial charge in [-0.15, -0.1) is 0 Å². The molecule has 6 atom stereocenters. The molecule has 6 unspecified atom stereocenters. The van der Waals surface area contributed by atoms with Crippen molar-refractivity contribution in [1.82, 2.24) is 0 Å². The third-order valence-electron chi connectivity index (χ3n) is 8.35. The summed E-state index contributed by atoms with van der Waals surface area (Å²) < 4.78 is 538. The van der Waals surface area contributed by atoms with Crippen LogP contribution in [0.1, 0.15) is 20.8 Å². The first-order chi connectivity index (χ1) is 40.0. The Balaban J connectivity index is -0.00000148. The molecular weight excluding hydrogens is 1440 g/mol. The van der Waals surface area contributed by atoms with E-state index < -0.39 is 185 Å². The van der Waals surface area contributed by atoms with Crippen LogP contribution in [0, 0.1) is 0 Å². The standard InChI is InChI=1S/C17H12F20O6.C13H8F20O5.C8H10O3/c1-5(2)7(38)39-3-6(41-11(22,23)9(19)43-17(36,37)13(26,27)15(31,32)33)4-40-10(20,21)8(18)42-16(34,35)12(24,25)14(28,29)30;14-4(37-12(30,31)8(20,21)10(24,25)26)6(16,17)35-2-3(1-34)36-7(18,19)5(15)38-13(32,33)9(22,23)11(27,28)29;1-5(2)7(9)11-8(10)6(3)4/h6,8-9H,1,3-4H2,2H3;3-5,34H,1-2H2;1,3H2,2,4H3. The molecule has 0 aromatic heterocycles. The van der Waals surface area contributed by atoms with Crippen LogP contribution in [0.25, 0.3) is 0 Å². The Labute approximate surface area is 479 Å². The Hall–Kier alpha value is -5.33. The molecule has 54 heteroatoms. The van der Waals surface area contributed by atoms with Gasteiger partial charge in [0.1, 0.15) is 18.8 Å². The highest BCUT2D eigenvalue weighted by atomic mass is 19.5. The molecule has 0 rings (SSSR count). The maximum absolute atomic E-state index is 13.8. The smallest absolute Gasteiger partial charge is 0.459 e. The van der Waals surface area contributed by atoms with Crippen molar-refractivity contribution in [3.8, 4) is 0 Å². The summed E-state index contributed by atoms with van der Waals surface area (Å²) in [7, 11) is 0. The van der Waals surface area contributed by atoms with Gasteiger partial charge in [0.2, 0.25) is 0 Å². The van der Waals surface area contributed by atoms with Crippen LogP contribution in [-0.2, 0) is 61.8 Å². The van der Waals surface area contributed by atoms with E-state index in [-0.39, 0.29) is 11.1 Å². The van der Waals surface area contributed by atoms with Gasteiger partial charge in [0.05, 0.1) is 19.8 Å². The minimum Gasteiger partial charge on any atom is -0.459 e. The molecular formula is C38H30F40O14. The maximum atomic E-state index is 13.8. The van der Waals surface area contributed by atoms with E-state index in [9.17, 15) is 190 Å². The van der Waals surface area contributed by atoms with Gasteiger partial charge in [-0.2, -0.15) is 158 Å². The number of carbonyl (C=O) groups excluding carboxylic acids is 3. The Morgan fingerprint density at radius 2 is 0.533 bits per heavy atom. The van der Waals surface area contributed by atoms with Gasteiger partial charge in [0.25, 0.3) is 25.4 Å². The van der Waals surface area contributed by atoms with E-state index in [1.165, 1.54) is 13.8 Å². The highest BCUT2D eigenvalue weighted by Crippen LogP contribution is 2.53. The van der Waals surface area contributed by atoms with Crippen molar-refractivity contribution in [3.05, 3.63) is 36.5 Å². The lowest BCUT2D eigenvalue weighted by Crippen LogP contribution is -2.56. The van der Waals surface area contributed by atoms with Crippen LogP contribution in [0.4, 0.5) is 176 Å². The van der Waals surface area contributed by atoms with E-state index in [2.05, 4.69) is 57.6 Å². The Bertz CT molecular complexity index is 2410. The average Bonchev–Trinajstić information content (AvgIpc) is 0.817. The topological polar surface area (TPSA) is 164 Å².